The Bertz CT molecular complexity index is 393. The minimum absolute atomic E-state index is 0.488. The summed E-state index contributed by atoms with van der Waals surface area (Å²) < 4.78 is 7.09. The van der Waals surface area contributed by atoms with Crippen molar-refractivity contribution in [2.45, 2.75) is 58.8 Å². The van der Waals surface area contributed by atoms with Gasteiger partial charge in [0.05, 0.1) is 6.61 Å². The third kappa shape index (κ3) is 7.87. The van der Waals surface area contributed by atoms with E-state index in [1.54, 1.807) is 0 Å². The van der Waals surface area contributed by atoms with Crippen LogP contribution in [0.1, 0.15) is 64.4 Å². The molecule has 0 amide bonds. The van der Waals surface area contributed by atoms with E-state index in [1.165, 1.54) is 31.2 Å². The number of hydrogen-bond donors (Lipinski definition) is 1. The Kier molecular flexibility index (Phi) is 9.77. The van der Waals surface area contributed by atoms with Crippen LogP contribution >= 0.6 is 15.9 Å². The standard InChI is InChI=1S/C18H30BrNO/c1-4-11-20-12-7-5-6-8-13-21-18-10-9-16(19)14-17(18)15(2)3/h9-10,14-15,20H,4-8,11-13H2,1-3H3. The van der Waals surface area contributed by atoms with Crippen LogP contribution in [0.2, 0.25) is 0 Å². The van der Waals surface area contributed by atoms with Gasteiger partial charge in [-0.25, -0.2) is 0 Å². The molecular formula is C18H30BrNO. The lowest BCUT2D eigenvalue weighted by atomic mass is 10.0. The van der Waals surface area contributed by atoms with Crippen molar-refractivity contribution in [2.75, 3.05) is 19.7 Å². The first-order chi connectivity index (χ1) is 10.1. The largest absolute Gasteiger partial charge is 0.493 e. The maximum atomic E-state index is 5.96. The van der Waals surface area contributed by atoms with E-state index < -0.39 is 0 Å². The van der Waals surface area contributed by atoms with Crippen LogP contribution in [0.5, 0.6) is 5.75 Å². The van der Waals surface area contributed by atoms with Crippen molar-refractivity contribution in [3.63, 3.8) is 0 Å². The molecule has 0 saturated heterocycles. The SMILES string of the molecule is CCCNCCCCCCOc1ccc(Br)cc1C(C)C. The van der Waals surface area contributed by atoms with Gasteiger partial charge in [-0.3, -0.25) is 0 Å². The fraction of sp³-hybridized carbons (Fsp3) is 0.667. The van der Waals surface area contributed by atoms with Gasteiger partial charge in [-0.05, 0) is 62.0 Å². The molecule has 1 aromatic carbocycles. The summed E-state index contributed by atoms with van der Waals surface area (Å²) in [6.45, 7) is 9.74. The van der Waals surface area contributed by atoms with Crippen molar-refractivity contribution >= 4 is 15.9 Å². The molecule has 0 saturated carbocycles. The topological polar surface area (TPSA) is 21.3 Å². The fourth-order valence-electron chi connectivity index (χ4n) is 2.29. The van der Waals surface area contributed by atoms with Crippen molar-refractivity contribution in [3.05, 3.63) is 28.2 Å². The lowest BCUT2D eigenvalue weighted by Gasteiger charge is -2.14. The maximum absolute atomic E-state index is 5.96. The number of ether oxygens (including phenoxy) is 1. The molecule has 1 N–H and O–H groups in total. The Labute approximate surface area is 138 Å². The molecule has 0 bridgehead atoms. The van der Waals surface area contributed by atoms with Crippen molar-refractivity contribution in [1.29, 1.82) is 0 Å². The van der Waals surface area contributed by atoms with Gasteiger partial charge in [-0.1, -0.05) is 49.5 Å². The van der Waals surface area contributed by atoms with Crippen LogP contribution in [0.25, 0.3) is 0 Å². The lowest BCUT2D eigenvalue weighted by molar-refractivity contribution is 0.300. The van der Waals surface area contributed by atoms with Gasteiger partial charge in [-0.15, -0.1) is 0 Å². The summed E-state index contributed by atoms with van der Waals surface area (Å²) in [5.74, 6) is 1.53. The van der Waals surface area contributed by atoms with Crippen LogP contribution < -0.4 is 10.1 Å². The molecule has 0 aliphatic rings. The zero-order valence-corrected chi connectivity index (χ0v) is 15.3. The van der Waals surface area contributed by atoms with E-state index in [2.05, 4.69) is 60.2 Å². The molecule has 21 heavy (non-hydrogen) atoms. The van der Waals surface area contributed by atoms with E-state index in [4.69, 9.17) is 4.74 Å². The normalized spacial score (nSPS) is 11.1. The Morgan fingerprint density at radius 1 is 1.10 bits per heavy atom. The number of rotatable bonds is 11. The Morgan fingerprint density at radius 2 is 1.86 bits per heavy atom. The minimum atomic E-state index is 0.488. The van der Waals surface area contributed by atoms with Crippen LogP contribution in [0.3, 0.4) is 0 Å². The molecule has 120 valence electrons. The monoisotopic (exact) mass is 355 g/mol. The second-order valence-electron chi connectivity index (χ2n) is 5.85. The molecule has 0 aromatic heterocycles. The molecule has 0 heterocycles. The molecule has 3 heteroatoms. The van der Waals surface area contributed by atoms with Gasteiger partial charge in [0.15, 0.2) is 0 Å². The average molecular weight is 356 g/mol. The zero-order chi connectivity index (χ0) is 15.5. The molecule has 1 aromatic rings. The first-order valence-electron chi connectivity index (χ1n) is 8.28. The van der Waals surface area contributed by atoms with E-state index in [9.17, 15) is 0 Å². The van der Waals surface area contributed by atoms with Crippen molar-refractivity contribution < 1.29 is 4.74 Å². The summed E-state index contributed by atoms with van der Waals surface area (Å²) in [5.41, 5.74) is 1.29. The molecule has 0 atom stereocenters. The summed E-state index contributed by atoms with van der Waals surface area (Å²) in [5, 5.41) is 3.44. The predicted molar refractivity (Wildman–Crippen MR) is 95.4 cm³/mol. The lowest BCUT2D eigenvalue weighted by Crippen LogP contribution is -2.15. The van der Waals surface area contributed by atoms with Gasteiger partial charge >= 0.3 is 0 Å². The van der Waals surface area contributed by atoms with Crippen molar-refractivity contribution in [1.82, 2.24) is 5.32 Å². The Hall–Kier alpha value is -0.540. The van der Waals surface area contributed by atoms with E-state index in [0.29, 0.717) is 5.92 Å². The smallest absolute Gasteiger partial charge is 0.122 e. The van der Waals surface area contributed by atoms with E-state index in [-0.39, 0.29) is 0 Å². The van der Waals surface area contributed by atoms with Gasteiger partial charge < -0.3 is 10.1 Å². The van der Waals surface area contributed by atoms with E-state index in [0.717, 1.165) is 36.3 Å². The molecule has 0 spiro atoms. The summed E-state index contributed by atoms with van der Waals surface area (Å²) in [7, 11) is 0. The molecule has 0 unspecified atom stereocenters. The van der Waals surface area contributed by atoms with Crippen LogP contribution in [0.4, 0.5) is 0 Å². The van der Waals surface area contributed by atoms with Crippen LogP contribution in [0, 0.1) is 0 Å². The first kappa shape index (κ1) is 18.5. The molecule has 2 nitrogen and oxygen atoms in total. The molecule has 1 rings (SSSR count). The molecule has 0 aliphatic heterocycles. The highest BCUT2D eigenvalue weighted by atomic mass is 79.9. The summed E-state index contributed by atoms with van der Waals surface area (Å²) >= 11 is 3.53. The molecule has 0 fully saturated rings. The highest BCUT2D eigenvalue weighted by molar-refractivity contribution is 9.10. The predicted octanol–water partition coefficient (Wildman–Crippen LogP) is 5.51. The van der Waals surface area contributed by atoms with Gasteiger partial charge in [0.25, 0.3) is 0 Å². The summed E-state index contributed by atoms with van der Waals surface area (Å²) in [4.78, 5) is 0. The van der Waals surface area contributed by atoms with Crippen LogP contribution in [-0.2, 0) is 0 Å². The van der Waals surface area contributed by atoms with Crippen LogP contribution in [0.15, 0.2) is 22.7 Å². The van der Waals surface area contributed by atoms with E-state index in [1.807, 2.05) is 0 Å². The summed E-state index contributed by atoms with van der Waals surface area (Å²) in [6, 6.07) is 6.30. The van der Waals surface area contributed by atoms with Gasteiger partial charge in [0, 0.05) is 4.47 Å². The van der Waals surface area contributed by atoms with Gasteiger partial charge in [0.2, 0.25) is 0 Å². The van der Waals surface area contributed by atoms with E-state index >= 15 is 0 Å². The van der Waals surface area contributed by atoms with Gasteiger partial charge in [-0.2, -0.15) is 0 Å². The maximum Gasteiger partial charge on any atom is 0.122 e. The second kappa shape index (κ2) is 11.1. The number of hydrogen-bond acceptors (Lipinski definition) is 2. The third-order valence-electron chi connectivity index (χ3n) is 3.53. The Morgan fingerprint density at radius 3 is 2.57 bits per heavy atom. The zero-order valence-electron chi connectivity index (χ0n) is 13.8. The number of nitrogens with one attached hydrogen (secondary N) is 1. The Balaban J connectivity index is 2.18. The van der Waals surface area contributed by atoms with Crippen molar-refractivity contribution in [2.24, 2.45) is 0 Å². The minimum Gasteiger partial charge on any atom is -0.493 e. The fourth-order valence-corrected chi connectivity index (χ4v) is 2.67. The highest BCUT2D eigenvalue weighted by Gasteiger charge is 2.08. The molecular weight excluding hydrogens is 326 g/mol. The average Bonchev–Trinajstić information content (AvgIpc) is 2.46. The first-order valence-corrected chi connectivity index (χ1v) is 9.07. The third-order valence-corrected chi connectivity index (χ3v) is 4.02. The van der Waals surface area contributed by atoms with Crippen molar-refractivity contribution in [3.8, 4) is 5.75 Å². The molecule has 0 aliphatic carbocycles. The summed E-state index contributed by atoms with van der Waals surface area (Å²) in [6.07, 6.45) is 6.18. The number of unbranched alkanes of at least 4 members (excludes halogenated alkanes) is 3. The highest BCUT2D eigenvalue weighted by Crippen LogP contribution is 2.29. The number of benzene rings is 1. The van der Waals surface area contributed by atoms with Crippen LogP contribution in [-0.4, -0.2) is 19.7 Å². The van der Waals surface area contributed by atoms with Gasteiger partial charge in [0.1, 0.15) is 5.75 Å². The molecule has 0 radical (unpaired) electrons. The quantitative estimate of drug-likeness (QED) is 0.528. The second-order valence-corrected chi connectivity index (χ2v) is 6.77. The number of halogens is 1.